The molecule has 10 heteroatoms. The number of carbonyl (C=O) groups excluding carboxylic acids is 1. The second kappa shape index (κ2) is 7.06. The molecule has 108 valence electrons. The van der Waals surface area contributed by atoms with Gasteiger partial charge in [0, 0.05) is 0 Å². The number of nitrogens with one attached hydrogen (secondary N) is 1. The topological polar surface area (TPSA) is 129 Å². The Morgan fingerprint density at radius 1 is 1.45 bits per heavy atom. The van der Waals surface area contributed by atoms with Crippen LogP contribution in [0.5, 0.6) is 0 Å². The zero-order valence-electron chi connectivity index (χ0n) is 10.2. The van der Waals surface area contributed by atoms with Crippen molar-refractivity contribution in [3.63, 3.8) is 0 Å². The summed E-state index contributed by atoms with van der Waals surface area (Å²) in [7, 11) is 0. The van der Waals surface area contributed by atoms with Gasteiger partial charge in [-0.05, 0) is 6.26 Å². The van der Waals surface area contributed by atoms with Crippen LogP contribution < -0.4 is 5.32 Å². The molecular formula is C10H10ClN3O5S. The Labute approximate surface area is 122 Å². The highest BCUT2D eigenvalue weighted by molar-refractivity contribution is 7.98. The summed E-state index contributed by atoms with van der Waals surface area (Å²) in [6, 6.07) is -1.57. The summed E-state index contributed by atoms with van der Waals surface area (Å²) < 4.78 is 0. The van der Waals surface area contributed by atoms with E-state index in [9.17, 15) is 14.4 Å². The molecule has 3 N–H and O–H groups in total. The lowest BCUT2D eigenvalue weighted by atomic mass is 10.2. The molecule has 1 amide bonds. The fourth-order valence-electron chi connectivity index (χ4n) is 1.21. The highest BCUT2D eigenvalue weighted by Crippen LogP contribution is 2.16. The zero-order chi connectivity index (χ0) is 15.3. The van der Waals surface area contributed by atoms with Crippen molar-refractivity contribution < 1.29 is 24.6 Å². The van der Waals surface area contributed by atoms with Gasteiger partial charge in [0.2, 0.25) is 0 Å². The lowest BCUT2D eigenvalue weighted by Gasteiger charge is -2.12. The second-order valence-electron chi connectivity index (χ2n) is 3.52. The molecule has 1 heterocycles. The first kappa shape index (κ1) is 16.2. The third-order valence-corrected chi connectivity index (χ3v) is 2.94. The Morgan fingerprint density at radius 3 is 2.60 bits per heavy atom. The van der Waals surface area contributed by atoms with Crippen LogP contribution in [-0.2, 0) is 9.59 Å². The predicted molar refractivity (Wildman–Crippen MR) is 70.0 cm³/mol. The molecule has 0 aromatic carbocycles. The standard InChI is InChI=1S/C10H10ClN3O5S/c1-20-10-12-3-4(11)7(14-10)8(17)13-5(9(18)19)2-6(15)16/h3,5H,2H2,1H3,(H,13,17)(H,15,16)(H,18,19)/t5-/m0/s1. The highest BCUT2D eigenvalue weighted by atomic mass is 35.5. The second-order valence-corrected chi connectivity index (χ2v) is 4.70. The van der Waals surface area contributed by atoms with E-state index < -0.39 is 30.3 Å². The molecule has 8 nitrogen and oxygen atoms in total. The van der Waals surface area contributed by atoms with E-state index in [2.05, 4.69) is 15.3 Å². The van der Waals surface area contributed by atoms with Crippen molar-refractivity contribution in [3.8, 4) is 0 Å². The number of hydrogen-bond acceptors (Lipinski definition) is 6. The number of carbonyl (C=O) groups is 3. The van der Waals surface area contributed by atoms with Crippen LogP contribution in [0.25, 0.3) is 0 Å². The minimum Gasteiger partial charge on any atom is -0.481 e. The molecule has 0 aliphatic heterocycles. The fraction of sp³-hybridized carbons (Fsp3) is 0.300. The Bertz CT molecular complexity index is 554. The van der Waals surface area contributed by atoms with Crippen molar-refractivity contribution in [2.75, 3.05) is 6.26 Å². The number of nitrogens with zero attached hydrogens (tertiary/aromatic N) is 2. The Kier molecular flexibility index (Phi) is 5.71. The lowest BCUT2D eigenvalue weighted by molar-refractivity contribution is -0.145. The van der Waals surface area contributed by atoms with E-state index >= 15 is 0 Å². The smallest absolute Gasteiger partial charge is 0.326 e. The minimum absolute atomic E-state index is 0.0558. The average molecular weight is 320 g/mol. The maximum absolute atomic E-state index is 11.9. The number of carboxylic acids is 2. The van der Waals surface area contributed by atoms with E-state index in [0.717, 1.165) is 0 Å². The normalized spacial score (nSPS) is 11.7. The third kappa shape index (κ3) is 4.35. The van der Waals surface area contributed by atoms with Crippen LogP contribution in [0.15, 0.2) is 11.4 Å². The summed E-state index contributed by atoms with van der Waals surface area (Å²) in [5, 5.41) is 19.7. The van der Waals surface area contributed by atoms with Crippen molar-refractivity contribution in [2.24, 2.45) is 0 Å². The maximum Gasteiger partial charge on any atom is 0.326 e. The van der Waals surface area contributed by atoms with Gasteiger partial charge in [0.15, 0.2) is 10.9 Å². The first-order valence-corrected chi connectivity index (χ1v) is 6.77. The van der Waals surface area contributed by atoms with Crippen LogP contribution in [-0.4, -0.2) is 50.3 Å². The number of halogens is 1. The molecule has 0 aliphatic rings. The van der Waals surface area contributed by atoms with Gasteiger partial charge in [-0.3, -0.25) is 9.59 Å². The summed E-state index contributed by atoms with van der Waals surface area (Å²) in [5.74, 6) is -3.69. The number of hydrogen-bond donors (Lipinski definition) is 3. The number of carboxylic acid groups (broad SMARTS) is 2. The first-order valence-electron chi connectivity index (χ1n) is 5.17. The van der Waals surface area contributed by atoms with Crippen LogP contribution in [0.2, 0.25) is 5.02 Å². The molecule has 0 spiro atoms. The van der Waals surface area contributed by atoms with Crippen molar-refractivity contribution >= 4 is 41.2 Å². The molecule has 0 bridgehead atoms. The summed E-state index contributed by atoms with van der Waals surface area (Å²) in [6.45, 7) is 0. The molecule has 0 saturated heterocycles. The van der Waals surface area contributed by atoms with E-state index in [0.29, 0.717) is 0 Å². The van der Waals surface area contributed by atoms with Gasteiger partial charge >= 0.3 is 11.9 Å². The number of amides is 1. The van der Waals surface area contributed by atoms with Gasteiger partial charge in [0.05, 0.1) is 17.6 Å². The minimum atomic E-state index is -1.57. The number of thioether (sulfide) groups is 1. The quantitative estimate of drug-likeness (QED) is 0.511. The number of aromatic nitrogens is 2. The number of aliphatic carboxylic acids is 2. The van der Waals surface area contributed by atoms with Gasteiger partial charge in [-0.25, -0.2) is 14.8 Å². The van der Waals surface area contributed by atoms with E-state index in [1.165, 1.54) is 18.0 Å². The highest BCUT2D eigenvalue weighted by Gasteiger charge is 2.25. The van der Waals surface area contributed by atoms with E-state index in [1.54, 1.807) is 6.26 Å². The molecule has 0 fully saturated rings. The largest absolute Gasteiger partial charge is 0.481 e. The van der Waals surface area contributed by atoms with Crippen molar-refractivity contribution in [1.29, 1.82) is 0 Å². The molecule has 20 heavy (non-hydrogen) atoms. The molecule has 1 aromatic heterocycles. The summed E-state index contributed by atoms with van der Waals surface area (Å²) in [4.78, 5) is 41.0. The summed E-state index contributed by atoms with van der Waals surface area (Å²) in [6.07, 6.45) is 2.15. The van der Waals surface area contributed by atoms with E-state index in [4.69, 9.17) is 21.8 Å². The summed E-state index contributed by atoms with van der Waals surface area (Å²) in [5.41, 5.74) is -0.206. The zero-order valence-corrected chi connectivity index (χ0v) is 11.7. The van der Waals surface area contributed by atoms with Crippen LogP contribution in [0, 0.1) is 0 Å². The van der Waals surface area contributed by atoms with Crippen LogP contribution in [0.4, 0.5) is 0 Å². The molecule has 1 aromatic rings. The molecule has 1 rings (SSSR count). The van der Waals surface area contributed by atoms with Crippen molar-refractivity contribution in [3.05, 3.63) is 16.9 Å². The molecular weight excluding hydrogens is 310 g/mol. The van der Waals surface area contributed by atoms with E-state index in [1.807, 2.05) is 0 Å². The fourth-order valence-corrected chi connectivity index (χ4v) is 1.73. The number of rotatable bonds is 6. The third-order valence-electron chi connectivity index (χ3n) is 2.10. The van der Waals surface area contributed by atoms with Gasteiger partial charge in [0.1, 0.15) is 6.04 Å². The predicted octanol–water partition coefficient (Wildman–Crippen LogP) is 0.510. The molecule has 1 atom stereocenters. The van der Waals surface area contributed by atoms with Gasteiger partial charge in [-0.15, -0.1) is 0 Å². The maximum atomic E-state index is 11.9. The first-order chi connectivity index (χ1) is 9.35. The molecule has 0 unspecified atom stereocenters. The Morgan fingerprint density at radius 2 is 2.10 bits per heavy atom. The van der Waals surface area contributed by atoms with E-state index in [-0.39, 0.29) is 15.9 Å². The SMILES string of the molecule is CSc1ncc(Cl)c(C(=O)N[C@@H](CC(=O)O)C(=O)O)n1. The Balaban J connectivity index is 2.94. The van der Waals surface area contributed by atoms with Crippen molar-refractivity contribution in [1.82, 2.24) is 15.3 Å². The van der Waals surface area contributed by atoms with Gasteiger partial charge < -0.3 is 15.5 Å². The van der Waals surface area contributed by atoms with Gasteiger partial charge in [-0.2, -0.15) is 0 Å². The molecule has 0 saturated carbocycles. The van der Waals surface area contributed by atoms with Crippen molar-refractivity contribution in [2.45, 2.75) is 17.6 Å². The molecule has 0 radical (unpaired) electrons. The van der Waals surface area contributed by atoms with Crippen LogP contribution >= 0.6 is 23.4 Å². The van der Waals surface area contributed by atoms with Gasteiger partial charge in [0.25, 0.3) is 5.91 Å². The Hall–Kier alpha value is -1.87. The lowest BCUT2D eigenvalue weighted by Crippen LogP contribution is -2.42. The molecule has 0 aliphatic carbocycles. The average Bonchev–Trinajstić information content (AvgIpc) is 2.37. The van der Waals surface area contributed by atoms with Crippen LogP contribution in [0.1, 0.15) is 16.9 Å². The monoisotopic (exact) mass is 319 g/mol. The van der Waals surface area contributed by atoms with Crippen LogP contribution in [0.3, 0.4) is 0 Å². The van der Waals surface area contributed by atoms with Gasteiger partial charge in [-0.1, -0.05) is 23.4 Å². The summed E-state index contributed by atoms with van der Waals surface area (Å²) >= 11 is 6.93.